The van der Waals surface area contributed by atoms with Gasteiger partial charge in [-0.3, -0.25) is 4.79 Å². The number of nitrogens with zero attached hydrogens (tertiary/aromatic N) is 3. The van der Waals surface area contributed by atoms with Gasteiger partial charge in [-0.25, -0.2) is 9.97 Å². The monoisotopic (exact) mass is 265 g/mol. The maximum Gasteiger partial charge on any atom is 0.239 e. The lowest BCUT2D eigenvalue weighted by atomic mass is 10.3. The zero-order valence-corrected chi connectivity index (χ0v) is 12.1. The number of hydrogen-bond acceptors (Lipinski definition) is 5. The summed E-state index contributed by atoms with van der Waals surface area (Å²) < 4.78 is 0. The summed E-state index contributed by atoms with van der Waals surface area (Å²) in [7, 11) is 1.84. The molecule has 2 N–H and O–H groups in total. The van der Waals surface area contributed by atoms with E-state index in [4.69, 9.17) is 0 Å². The van der Waals surface area contributed by atoms with Crippen LogP contribution in [-0.4, -0.2) is 42.1 Å². The molecule has 1 aromatic rings. The third-order valence-corrected chi connectivity index (χ3v) is 2.43. The lowest BCUT2D eigenvalue weighted by Crippen LogP contribution is -2.38. The minimum atomic E-state index is -0.0146. The van der Waals surface area contributed by atoms with Crippen LogP contribution in [0.25, 0.3) is 0 Å². The third-order valence-electron chi connectivity index (χ3n) is 2.43. The number of aromatic nitrogens is 2. The molecule has 106 valence electrons. The van der Waals surface area contributed by atoms with Gasteiger partial charge in [0.25, 0.3) is 0 Å². The molecule has 0 fully saturated rings. The average molecular weight is 265 g/mol. The fourth-order valence-electron chi connectivity index (χ4n) is 1.57. The maximum atomic E-state index is 11.7. The van der Waals surface area contributed by atoms with Crippen LogP contribution in [0, 0.1) is 0 Å². The van der Waals surface area contributed by atoms with E-state index in [-0.39, 0.29) is 18.5 Å². The summed E-state index contributed by atoms with van der Waals surface area (Å²) in [6.45, 7) is 7.12. The molecule has 0 unspecified atom stereocenters. The summed E-state index contributed by atoms with van der Waals surface area (Å²) in [6, 6.07) is 1.99. The molecule has 6 nitrogen and oxygen atoms in total. The van der Waals surface area contributed by atoms with Crippen molar-refractivity contribution in [2.45, 2.75) is 33.2 Å². The maximum absolute atomic E-state index is 11.7. The van der Waals surface area contributed by atoms with E-state index in [9.17, 15) is 4.79 Å². The number of nitrogens with one attached hydrogen (secondary N) is 2. The van der Waals surface area contributed by atoms with Crippen molar-refractivity contribution in [2.75, 3.05) is 30.4 Å². The van der Waals surface area contributed by atoms with E-state index >= 15 is 0 Å². The van der Waals surface area contributed by atoms with Crippen molar-refractivity contribution in [3.8, 4) is 0 Å². The number of rotatable bonds is 7. The molecule has 0 aliphatic rings. The molecule has 0 bridgehead atoms. The largest absolute Gasteiger partial charge is 0.370 e. The topological polar surface area (TPSA) is 70.2 Å². The molecule has 1 amide bonds. The molecule has 1 rings (SSSR count). The molecule has 1 aromatic heterocycles. The highest BCUT2D eigenvalue weighted by Crippen LogP contribution is 2.12. The Morgan fingerprint density at radius 2 is 2.16 bits per heavy atom. The minimum Gasteiger partial charge on any atom is -0.370 e. The van der Waals surface area contributed by atoms with E-state index in [1.54, 1.807) is 4.90 Å². The van der Waals surface area contributed by atoms with Crippen LogP contribution in [0.5, 0.6) is 0 Å². The number of carbonyl (C=O) groups is 1. The van der Waals surface area contributed by atoms with Crippen molar-refractivity contribution >= 4 is 17.5 Å². The van der Waals surface area contributed by atoms with Crippen molar-refractivity contribution in [2.24, 2.45) is 0 Å². The molecular weight excluding hydrogens is 242 g/mol. The minimum absolute atomic E-state index is 0.0146. The number of anilines is 2. The highest BCUT2D eigenvalue weighted by atomic mass is 16.2. The predicted molar refractivity (Wildman–Crippen MR) is 77.4 cm³/mol. The third kappa shape index (κ3) is 5.54. The van der Waals surface area contributed by atoms with Gasteiger partial charge in [-0.05, 0) is 20.3 Å². The summed E-state index contributed by atoms with van der Waals surface area (Å²) in [6.07, 6.45) is 2.54. The van der Waals surface area contributed by atoms with Crippen molar-refractivity contribution in [1.82, 2.24) is 15.3 Å². The number of likely N-dealkylation sites (N-methyl/N-ethyl adjacent to an activating group) is 1. The number of carbonyl (C=O) groups excluding carboxylic acids is 1. The van der Waals surface area contributed by atoms with Crippen LogP contribution in [-0.2, 0) is 4.79 Å². The summed E-state index contributed by atoms with van der Waals surface area (Å²) in [5.74, 6) is 1.50. The van der Waals surface area contributed by atoms with Gasteiger partial charge >= 0.3 is 0 Å². The lowest BCUT2D eigenvalue weighted by Gasteiger charge is -2.19. The number of hydrogen-bond donors (Lipinski definition) is 2. The van der Waals surface area contributed by atoms with Crippen molar-refractivity contribution in [1.29, 1.82) is 0 Å². The Morgan fingerprint density at radius 3 is 2.79 bits per heavy atom. The van der Waals surface area contributed by atoms with Gasteiger partial charge in [-0.15, -0.1) is 0 Å². The molecule has 0 aliphatic heterocycles. The zero-order valence-electron chi connectivity index (χ0n) is 12.1. The predicted octanol–water partition coefficient (Wildman–Crippen LogP) is 1.26. The first kappa shape index (κ1) is 15.2. The quantitative estimate of drug-likeness (QED) is 0.776. The summed E-state index contributed by atoms with van der Waals surface area (Å²) in [5.41, 5.74) is 0. The van der Waals surface area contributed by atoms with Crippen molar-refractivity contribution in [3.63, 3.8) is 0 Å². The molecule has 0 radical (unpaired) electrons. The van der Waals surface area contributed by atoms with E-state index in [2.05, 4.69) is 27.5 Å². The standard InChI is InChI=1S/C13H23N5O/c1-5-6-14-11-7-12(16-9-15-11)18(4)8-13(19)17-10(2)3/h7,9-10H,5-6,8H2,1-4H3,(H,17,19)(H,14,15,16). The van der Waals surface area contributed by atoms with Crippen LogP contribution in [0.15, 0.2) is 12.4 Å². The van der Waals surface area contributed by atoms with E-state index in [1.165, 1.54) is 6.33 Å². The Balaban J connectivity index is 2.60. The molecule has 0 aromatic carbocycles. The number of amides is 1. The summed E-state index contributed by atoms with van der Waals surface area (Å²) in [5, 5.41) is 6.05. The first-order valence-electron chi connectivity index (χ1n) is 6.59. The molecule has 1 heterocycles. The second kappa shape index (κ2) is 7.56. The first-order valence-corrected chi connectivity index (χ1v) is 6.59. The Hall–Kier alpha value is -1.85. The van der Waals surface area contributed by atoms with Gasteiger partial charge in [0.2, 0.25) is 5.91 Å². The van der Waals surface area contributed by atoms with Gasteiger partial charge in [0.1, 0.15) is 18.0 Å². The summed E-state index contributed by atoms with van der Waals surface area (Å²) >= 11 is 0. The molecule has 19 heavy (non-hydrogen) atoms. The van der Waals surface area contributed by atoms with Gasteiger partial charge in [0.15, 0.2) is 0 Å². The summed E-state index contributed by atoms with van der Waals surface area (Å²) in [4.78, 5) is 21.8. The van der Waals surface area contributed by atoms with Crippen molar-refractivity contribution < 1.29 is 4.79 Å². The fraction of sp³-hybridized carbons (Fsp3) is 0.615. The SMILES string of the molecule is CCCNc1cc(N(C)CC(=O)NC(C)C)ncn1. The van der Waals surface area contributed by atoms with Gasteiger partial charge in [0.05, 0.1) is 6.54 Å². The van der Waals surface area contributed by atoms with Crippen LogP contribution in [0.3, 0.4) is 0 Å². The van der Waals surface area contributed by atoms with Gasteiger partial charge < -0.3 is 15.5 Å². The van der Waals surface area contributed by atoms with Gasteiger partial charge in [0, 0.05) is 25.7 Å². The zero-order chi connectivity index (χ0) is 14.3. The Labute approximate surface area is 114 Å². The highest BCUT2D eigenvalue weighted by Gasteiger charge is 2.10. The van der Waals surface area contributed by atoms with Crippen LogP contribution < -0.4 is 15.5 Å². The molecular formula is C13H23N5O. The van der Waals surface area contributed by atoms with E-state index in [0.29, 0.717) is 0 Å². The molecule has 6 heteroatoms. The fourth-order valence-corrected chi connectivity index (χ4v) is 1.57. The normalized spacial score (nSPS) is 10.4. The Morgan fingerprint density at radius 1 is 1.42 bits per heavy atom. The second-order valence-corrected chi connectivity index (χ2v) is 4.77. The molecule has 0 aliphatic carbocycles. The van der Waals surface area contributed by atoms with E-state index in [1.807, 2.05) is 27.0 Å². The molecule has 0 spiro atoms. The van der Waals surface area contributed by atoms with Crippen molar-refractivity contribution in [3.05, 3.63) is 12.4 Å². The average Bonchev–Trinajstić information content (AvgIpc) is 2.35. The lowest BCUT2D eigenvalue weighted by molar-refractivity contribution is -0.120. The van der Waals surface area contributed by atoms with Crippen LogP contribution >= 0.6 is 0 Å². The van der Waals surface area contributed by atoms with Gasteiger partial charge in [-0.1, -0.05) is 6.92 Å². The highest BCUT2D eigenvalue weighted by molar-refractivity contribution is 5.81. The second-order valence-electron chi connectivity index (χ2n) is 4.77. The van der Waals surface area contributed by atoms with E-state index < -0.39 is 0 Å². The molecule has 0 atom stereocenters. The van der Waals surface area contributed by atoms with E-state index in [0.717, 1.165) is 24.6 Å². The van der Waals surface area contributed by atoms with Crippen LogP contribution in [0.1, 0.15) is 27.2 Å². The smallest absolute Gasteiger partial charge is 0.239 e. The first-order chi connectivity index (χ1) is 9.02. The van der Waals surface area contributed by atoms with Crippen LogP contribution in [0.4, 0.5) is 11.6 Å². The Bertz CT molecular complexity index is 408. The molecule has 0 saturated carbocycles. The van der Waals surface area contributed by atoms with Crippen LogP contribution in [0.2, 0.25) is 0 Å². The Kier molecular flexibility index (Phi) is 6.05. The van der Waals surface area contributed by atoms with Gasteiger partial charge in [-0.2, -0.15) is 0 Å². The molecule has 0 saturated heterocycles.